The minimum absolute atomic E-state index is 0.0777. The zero-order valence-corrected chi connectivity index (χ0v) is 14.7. The summed E-state index contributed by atoms with van der Waals surface area (Å²) in [5.41, 5.74) is 0.0777. The maximum atomic E-state index is 12.7. The Morgan fingerprint density at radius 2 is 2.12 bits per heavy atom. The maximum absolute atomic E-state index is 12.7. The van der Waals surface area contributed by atoms with Crippen LogP contribution in [0.15, 0.2) is 24.3 Å². The van der Waals surface area contributed by atoms with Crippen LogP contribution in [-0.2, 0) is 9.53 Å². The number of nitrogens with zero attached hydrogens (tertiary/aromatic N) is 1. The zero-order chi connectivity index (χ0) is 18.9. The second-order valence-corrected chi connectivity index (χ2v) is 6.10. The average Bonchev–Trinajstić information content (AvgIpc) is 2.64. The van der Waals surface area contributed by atoms with E-state index < -0.39 is 12.5 Å². The van der Waals surface area contributed by atoms with Crippen LogP contribution >= 0.6 is 0 Å². The van der Waals surface area contributed by atoms with Crippen LogP contribution in [0.5, 0.6) is 5.75 Å². The summed E-state index contributed by atoms with van der Waals surface area (Å²) in [5, 5.41) is 2.84. The first-order valence-electron chi connectivity index (χ1n) is 8.62. The molecule has 2 rings (SSSR count). The summed E-state index contributed by atoms with van der Waals surface area (Å²) in [5.74, 6) is -0.967. The van der Waals surface area contributed by atoms with Gasteiger partial charge in [0.1, 0.15) is 5.75 Å². The molecule has 8 heteroatoms. The van der Waals surface area contributed by atoms with Crippen LogP contribution in [0.3, 0.4) is 0 Å². The number of methoxy groups -OCH3 is 1. The third kappa shape index (κ3) is 5.66. The van der Waals surface area contributed by atoms with E-state index in [4.69, 9.17) is 4.74 Å². The third-order valence-corrected chi connectivity index (χ3v) is 4.24. The molecule has 0 aliphatic carbocycles. The van der Waals surface area contributed by atoms with E-state index in [1.807, 2.05) is 0 Å². The van der Waals surface area contributed by atoms with Gasteiger partial charge in [0.15, 0.2) is 0 Å². The monoisotopic (exact) mass is 370 g/mol. The molecule has 0 bridgehead atoms. The normalized spacial score (nSPS) is 17.2. The Balaban J connectivity index is 1.98. The number of carbonyl (C=O) groups excluding carboxylic acids is 2. The molecule has 1 aliphatic heterocycles. The van der Waals surface area contributed by atoms with Crippen molar-refractivity contribution < 1.29 is 27.8 Å². The number of nitrogens with one attached hydrogen (secondary N) is 1. The number of alkyl halides is 2. The number of ether oxygens (including phenoxy) is 2. The summed E-state index contributed by atoms with van der Waals surface area (Å²) in [6, 6.07) is 5.91. The van der Waals surface area contributed by atoms with Gasteiger partial charge in [-0.3, -0.25) is 9.59 Å². The molecule has 1 heterocycles. The maximum Gasteiger partial charge on any atom is 0.387 e. The zero-order valence-electron chi connectivity index (χ0n) is 14.7. The minimum atomic E-state index is -3.00. The van der Waals surface area contributed by atoms with Crippen molar-refractivity contribution in [1.29, 1.82) is 0 Å². The highest BCUT2D eigenvalue weighted by Gasteiger charge is 2.30. The van der Waals surface area contributed by atoms with E-state index in [1.165, 1.54) is 23.1 Å². The molecule has 0 spiro atoms. The van der Waals surface area contributed by atoms with Gasteiger partial charge in [-0.25, -0.2) is 0 Å². The van der Waals surface area contributed by atoms with Crippen molar-refractivity contribution in [3.8, 4) is 5.75 Å². The molecular weight excluding hydrogens is 346 g/mol. The molecule has 1 N–H and O–H groups in total. The van der Waals surface area contributed by atoms with E-state index in [1.54, 1.807) is 13.2 Å². The lowest BCUT2D eigenvalue weighted by Crippen LogP contribution is -2.45. The van der Waals surface area contributed by atoms with Crippen molar-refractivity contribution in [2.24, 2.45) is 5.92 Å². The average molecular weight is 370 g/mol. The Kier molecular flexibility index (Phi) is 7.77. The lowest BCUT2D eigenvalue weighted by atomic mass is 9.96. The van der Waals surface area contributed by atoms with Crippen LogP contribution in [0, 0.1) is 5.92 Å². The van der Waals surface area contributed by atoms with Crippen molar-refractivity contribution in [3.63, 3.8) is 0 Å². The fraction of sp³-hybridized carbons (Fsp3) is 0.556. The van der Waals surface area contributed by atoms with E-state index in [0.717, 1.165) is 6.42 Å². The van der Waals surface area contributed by atoms with Gasteiger partial charge >= 0.3 is 6.61 Å². The quantitative estimate of drug-likeness (QED) is 0.713. The Morgan fingerprint density at radius 3 is 2.85 bits per heavy atom. The second-order valence-electron chi connectivity index (χ2n) is 6.10. The van der Waals surface area contributed by atoms with Gasteiger partial charge < -0.3 is 19.7 Å². The van der Waals surface area contributed by atoms with E-state index in [-0.39, 0.29) is 29.7 Å². The fourth-order valence-corrected chi connectivity index (χ4v) is 2.96. The number of rotatable bonds is 8. The molecule has 0 radical (unpaired) electrons. The van der Waals surface area contributed by atoms with Gasteiger partial charge in [0, 0.05) is 33.4 Å². The van der Waals surface area contributed by atoms with Crippen LogP contribution < -0.4 is 10.1 Å². The topological polar surface area (TPSA) is 67.9 Å². The number of piperidine rings is 1. The second kappa shape index (κ2) is 10.1. The minimum Gasteiger partial charge on any atom is -0.434 e. The lowest BCUT2D eigenvalue weighted by molar-refractivity contribution is -0.126. The van der Waals surface area contributed by atoms with Crippen LogP contribution in [0.4, 0.5) is 8.78 Å². The number of amides is 2. The Bertz CT molecular complexity index is 613. The summed E-state index contributed by atoms with van der Waals surface area (Å²) in [7, 11) is 1.60. The highest BCUT2D eigenvalue weighted by atomic mass is 19.3. The smallest absolute Gasteiger partial charge is 0.387 e. The third-order valence-electron chi connectivity index (χ3n) is 4.24. The van der Waals surface area contributed by atoms with E-state index >= 15 is 0 Å². The first-order valence-corrected chi connectivity index (χ1v) is 8.62. The Hall–Kier alpha value is -2.22. The van der Waals surface area contributed by atoms with E-state index in [0.29, 0.717) is 32.5 Å². The summed E-state index contributed by atoms with van der Waals surface area (Å²) in [6.07, 6.45) is 2.09. The molecule has 2 amide bonds. The number of hydrogen-bond donors (Lipinski definition) is 1. The molecule has 1 aromatic carbocycles. The van der Waals surface area contributed by atoms with Crippen molar-refractivity contribution in [1.82, 2.24) is 10.2 Å². The first-order chi connectivity index (χ1) is 12.5. The molecule has 144 valence electrons. The van der Waals surface area contributed by atoms with Crippen molar-refractivity contribution in [2.45, 2.75) is 25.9 Å². The summed E-state index contributed by atoms with van der Waals surface area (Å²) >= 11 is 0. The van der Waals surface area contributed by atoms with Crippen molar-refractivity contribution in [2.75, 3.05) is 33.4 Å². The predicted octanol–water partition coefficient (Wildman–Crippen LogP) is 2.29. The molecule has 0 saturated carbocycles. The Labute approximate surface area is 151 Å². The summed E-state index contributed by atoms with van der Waals surface area (Å²) < 4.78 is 34.4. The lowest BCUT2D eigenvalue weighted by Gasteiger charge is -2.32. The van der Waals surface area contributed by atoms with Crippen LogP contribution in [-0.4, -0.2) is 56.7 Å². The van der Waals surface area contributed by atoms with Crippen LogP contribution in [0.1, 0.15) is 29.6 Å². The van der Waals surface area contributed by atoms with Crippen molar-refractivity contribution >= 4 is 11.8 Å². The molecule has 1 fully saturated rings. The standard InChI is InChI=1S/C18H24F2N2O4/c1-25-11-5-9-21-16(23)13-6-4-10-22(12-13)17(24)14-7-2-3-8-15(14)26-18(19)20/h2-3,7-8,13,18H,4-6,9-12H2,1H3,(H,21,23). The molecule has 1 unspecified atom stereocenters. The molecular formula is C18H24F2N2O4. The van der Waals surface area contributed by atoms with Gasteiger partial charge in [0.2, 0.25) is 5.91 Å². The first kappa shape index (κ1) is 20.1. The van der Waals surface area contributed by atoms with Gasteiger partial charge in [0.05, 0.1) is 11.5 Å². The Morgan fingerprint density at radius 1 is 1.35 bits per heavy atom. The van der Waals surface area contributed by atoms with Gasteiger partial charge in [-0.2, -0.15) is 8.78 Å². The van der Waals surface area contributed by atoms with Crippen LogP contribution in [0.2, 0.25) is 0 Å². The van der Waals surface area contributed by atoms with E-state index in [9.17, 15) is 18.4 Å². The molecule has 1 saturated heterocycles. The van der Waals surface area contributed by atoms with Gasteiger partial charge in [0.25, 0.3) is 5.91 Å². The molecule has 26 heavy (non-hydrogen) atoms. The predicted molar refractivity (Wildman–Crippen MR) is 91.2 cm³/mol. The van der Waals surface area contributed by atoms with Gasteiger partial charge in [-0.15, -0.1) is 0 Å². The fourth-order valence-electron chi connectivity index (χ4n) is 2.96. The number of carbonyl (C=O) groups is 2. The SMILES string of the molecule is COCCCNC(=O)C1CCCN(C(=O)c2ccccc2OC(F)F)C1. The van der Waals surface area contributed by atoms with Crippen molar-refractivity contribution in [3.05, 3.63) is 29.8 Å². The number of benzene rings is 1. The largest absolute Gasteiger partial charge is 0.434 e. The summed E-state index contributed by atoms with van der Waals surface area (Å²) in [6.45, 7) is -1.18. The van der Waals surface area contributed by atoms with E-state index in [2.05, 4.69) is 10.1 Å². The summed E-state index contributed by atoms with van der Waals surface area (Å²) in [4.78, 5) is 26.5. The van der Waals surface area contributed by atoms with Gasteiger partial charge in [-0.05, 0) is 31.4 Å². The number of hydrogen-bond acceptors (Lipinski definition) is 4. The molecule has 0 aromatic heterocycles. The number of para-hydroxylation sites is 1. The highest BCUT2D eigenvalue weighted by molar-refractivity contribution is 5.97. The molecule has 1 aliphatic rings. The van der Waals surface area contributed by atoms with Gasteiger partial charge in [-0.1, -0.05) is 12.1 Å². The van der Waals surface area contributed by atoms with Crippen LogP contribution in [0.25, 0.3) is 0 Å². The molecule has 1 aromatic rings. The number of halogens is 2. The molecule has 6 nitrogen and oxygen atoms in total. The molecule has 1 atom stereocenters. The highest BCUT2D eigenvalue weighted by Crippen LogP contribution is 2.25. The number of likely N-dealkylation sites (tertiary alicyclic amines) is 1.